The molecule has 3 aromatic rings. The van der Waals surface area contributed by atoms with E-state index in [0.717, 1.165) is 33.7 Å². The number of carbonyl (C=O) groups excluding carboxylic acids is 1. The number of carboxylic acid groups (broad SMARTS) is 1. The Kier molecular flexibility index (Phi) is 10.4. The Balaban J connectivity index is 0.00000385. The van der Waals surface area contributed by atoms with E-state index in [-0.39, 0.29) is 19.6 Å². The van der Waals surface area contributed by atoms with Crippen molar-refractivity contribution in [2.24, 2.45) is 5.92 Å². The van der Waals surface area contributed by atoms with Crippen LogP contribution in [0.5, 0.6) is 0 Å². The number of Topliss-reactive ketones (excluding diaryl/α,β-unsaturated/α-hetero) is 1. The largest absolute Gasteiger partial charge is 0.481 e. The average Bonchev–Trinajstić information content (AvgIpc) is 3.30. The number of hydrogen-bond acceptors (Lipinski definition) is 5. The van der Waals surface area contributed by atoms with Gasteiger partial charge in [0.05, 0.1) is 12.2 Å². The van der Waals surface area contributed by atoms with Crippen LogP contribution in [0.2, 0.25) is 0 Å². The summed E-state index contributed by atoms with van der Waals surface area (Å²) in [7, 11) is 0. The molecule has 0 saturated carbocycles. The van der Waals surface area contributed by atoms with E-state index < -0.39 is 11.9 Å². The molecule has 3 N–H and O–H groups in total. The maximum absolute atomic E-state index is 13.2. The number of hydrogen-bond donors (Lipinski definition) is 3. The first-order valence-corrected chi connectivity index (χ1v) is 12.0. The number of aromatic amines is 1. The predicted octanol–water partition coefficient (Wildman–Crippen LogP) is 5.34. The highest BCUT2D eigenvalue weighted by Crippen LogP contribution is 2.30. The van der Waals surface area contributed by atoms with E-state index in [9.17, 15) is 14.7 Å². The van der Waals surface area contributed by atoms with Crippen LogP contribution in [-0.2, 0) is 17.9 Å². The van der Waals surface area contributed by atoms with Gasteiger partial charge in [-0.2, -0.15) is 11.8 Å². The zero-order valence-electron chi connectivity index (χ0n) is 18.4. The Hall–Kier alpha value is -2.90. The second-order valence-electron chi connectivity index (χ2n) is 7.82. The molecule has 2 aromatic carbocycles. The molecule has 1 heterocycles. The molecule has 0 unspecified atom stereocenters. The number of rotatable bonds is 12. The van der Waals surface area contributed by atoms with Gasteiger partial charge < -0.3 is 15.4 Å². The molecule has 0 saturated heterocycles. The summed E-state index contributed by atoms with van der Waals surface area (Å²) in [6.45, 7) is 3.32. The zero-order valence-corrected chi connectivity index (χ0v) is 19.2. The van der Waals surface area contributed by atoms with E-state index in [1.165, 1.54) is 0 Å². The molecule has 0 bridgehead atoms. The molecule has 0 amide bonds. The quantitative estimate of drug-likeness (QED) is 0.311. The first kappa shape index (κ1) is 26.4. The van der Waals surface area contributed by atoms with Crippen molar-refractivity contribution in [3.05, 3.63) is 77.4 Å². The fraction of sp³-hybridized carbons (Fsp3) is 0.346. The number of carboxylic acids is 1. The number of thioether (sulfide) groups is 1. The number of nitrogens with one attached hydrogen (secondary N) is 2. The highest BCUT2D eigenvalue weighted by Gasteiger charge is 2.24. The molecule has 33 heavy (non-hydrogen) atoms. The minimum absolute atomic E-state index is 0. The van der Waals surface area contributed by atoms with E-state index >= 15 is 0 Å². The number of H-pyrrole nitrogens is 1. The third-order valence-corrected chi connectivity index (χ3v) is 6.11. The summed E-state index contributed by atoms with van der Waals surface area (Å²) in [5.41, 5.74) is 5.54. The van der Waals surface area contributed by atoms with Crippen molar-refractivity contribution in [2.75, 3.05) is 12.0 Å². The highest BCUT2D eigenvalue weighted by molar-refractivity contribution is 7.98. The van der Waals surface area contributed by atoms with Crippen LogP contribution in [0.25, 0.3) is 11.1 Å². The molecule has 6 nitrogen and oxygen atoms in total. The molecule has 0 aliphatic heterocycles. The number of ketones is 1. The smallest absolute Gasteiger partial charge is 0.306 e. The number of nitrogens with zero attached hydrogens (tertiary/aromatic N) is 1. The number of imidazole rings is 1. The second kappa shape index (κ2) is 13.0. The van der Waals surface area contributed by atoms with Gasteiger partial charge >= 0.3 is 5.97 Å². The third-order valence-electron chi connectivity index (χ3n) is 5.47. The Morgan fingerprint density at radius 3 is 2.61 bits per heavy atom. The van der Waals surface area contributed by atoms with Crippen molar-refractivity contribution >= 4 is 23.5 Å². The van der Waals surface area contributed by atoms with Gasteiger partial charge in [-0.3, -0.25) is 9.59 Å². The summed E-state index contributed by atoms with van der Waals surface area (Å²) in [4.78, 5) is 32.0. The molecule has 1 aromatic heterocycles. The van der Waals surface area contributed by atoms with Crippen molar-refractivity contribution < 1.29 is 14.7 Å². The summed E-state index contributed by atoms with van der Waals surface area (Å²) in [5.74, 6) is -0.996. The van der Waals surface area contributed by atoms with Gasteiger partial charge in [-0.15, -0.1) is 0 Å². The molecule has 0 aliphatic rings. The van der Waals surface area contributed by atoms with Crippen LogP contribution < -0.4 is 5.32 Å². The van der Waals surface area contributed by atoms with Crippen LogP contribution in [0.15, 0.2) is 55.0 Å². The summed E-state index contributed by atoms with van der Waals surface area (Å²) >= 11 is 1.59. The van der Waals surface area contributed by atoms with Crippen molar-refractivity contribution in [2.45, 2.75) is 40.3 Å². The SMILES string of the molecule is C.CSCC[C@@H](CC(=O)c1ccc(CNCc2cnc[nH]2)cc1-c1ccccc1C)C(=O)O. The average molecular weight is 468 g/mol. The molecule has 7 heteroatoms. The maximum Gasteiger partial charge on any atom is 0.306 e. The Bertz CT molecular complexity index is 1050. The summed E-state index contributed by atoms with van der Waals surface area (Å²) in [5, 5.41) is 12.9. The van der Waals surface area contributed by atoms with Crippen LogP contribution in [0.1, 0.15) is 47.4 Å². The Labute approximate surface area is 200 Å². The molecule has 176 valence electrons. The van der Waals surface area contributed by atoms with Gasteiger partial charge in [0, 0.05) is 37.0 Å². The van der Waals surface area contributed by atoms with Crippen LogP contribution in [0.3, 0.4) is 0 Å². The lowest BCUT2D eigenvalue weighted by molar-refractivity contribution is -0.141. The van der Waals surface area contributed by atoms with E-state index in [2.05, 4.69) is 15.3 Å². The first-order chi connectivity index (χ1) is 15.5. The molecule has 0 fully saturated rings. The molecule has 0 spiro atoms. The number of carbonyl (C=O) groups is 2. The molecule has 0 aliphatic carbocycles. The van der Waals surface area contributed by atoms with E-state index in [0.29, 0.717) is 25.1 Å². The van der Waals surface area contributed by atoms with Gasteiger partial charge in [0.15, 0.2) is 5.78 Å². The van der Waals surface area contributed by atoms with Crippen LogP contribution in [-0.4, -0.2) is 38.8 Å². The normalized spacial score (nSPS) is 11.6. The Morgan fingerprint density at radius 1 is 1.15 bits per heavy atom. The van der Waals surface area contributed by atoms with Crippen molar-refractivity contribution in [1.29, 1.82) is 0 Å². The number of benzene rings is 2. The minimum Gasteiger partial charge on any atom is -0.481 e. The van der Waals surface area contributed by atoms with Crippen molar-refractivity contribution in [1.82, 2.24) is 15.3 Å². The van der Waals surface area contributed by atoms with Crippen LogP contribution in [0.4, 0.5) is 0 Å². The summed E-state index contributed by atoms with van der Waals surface area (Å²) in [6.07, 6.45) is 5.86. The fourth-order valence-electron chi connectivity index (χ4n) is 3.67. The molecular weight excluding hydrogens is 434 g/mol. The van der Waals surface area contributed by atoms with E-state index in [1.54, 1.807) is 24.3 Å². The van der Waals surface area contributed by atoms with Crippen LogP contribution in [0, 0.1) is 12.8 Å². The fourth-order valence-corrected chi connectivity index (χ4v) is 4.19. The monoisotopic (exact) mass is 467 g/mol. The zero-order chi connectivity index (χ0) is 22.9. The van der Waals surface area contributed by atoms with E-state index in [4.69, 9.17) is 0 Å². The number of aliphatic carboxylic acids is 1. The lowest BCUT2D eigenvalue weighted by atomic mass is 9.88. The summed E-state index contributed by atoms with van der Waals surface area (Å²) in [6, 6.07) is 13.8. The van der Waals surface area contributed by atoms with Gasteiger partial charge in [0.2, 0.25) is 0 Å². The first-order valence-electron chi connectivity index (χ1n) is 10.6. The van der Waals surface area contributed by atoms with Gasteiger partial charge in [-0.1, -0.05) is 43.8 Å². The Morgan fingerprint density at radius 2 is 1.94 bits per heavy atom. The van der Waals surface area contributed by atoms with Crippen LogP contribution >= 0.6 is 11.8 Å². The second-order valence-corrected chi connectivity index (χ2v) is 8.80. The molecular formula is C26H33N3O3S. The number of aromatic nitrogens is 2. The predicted molar refractivity (Wildman–Crippen MR) is 136 cm³/mol. The van der Waals surface area contributed by atoms with Gasteiger partial charge in [-0.25, -0.2) is 4.98 Å². The highest BCUT2D eigenvalue weighted by atomic mass is 32.2. The van der Waals surface area contributed by atoms with Gasteiger partial charge in [0.1, 0.15) is 0 Å². The topological polar surface area (TPSA) is 95.1 Å². The summed E-state index contributed by atoms with van der Waals surface area (Å²) < 4.78 is 0. The minimum atomic E-state index is -0.913. The molecule has 3 rings (SSSR count). The molecule has 1 atom stereocenters. The maximum atomic E-state index is 13.2. The van der Waals surface area contributed by atoms with Gasteiger partial charge in [0.25, 0.3) is 0 Å². The van der Waals surface area contributed by atoms with E-state index in [1.807, 2.05) is 55.6 Å². The number of aryl methyl sites for hydroxylation is 1. The van der Waals surface area contributed by atoms with Crippen molar-refractivity contribution in [3.63, 3.8) is 0 Å². The standard InChI is InChI=1S/C25H29N3O3S.CH4/c1-17-5-3-4-6-21(17)23-11-18(13-26-14-20-15-27-16-28-20)7-8-22(23)24(29)12-19(25(30)31)9-10-32-2;/h3-8,11,15-16,19,26H,9-10,12-14H2,1-2H3,(H,27,28)(H,30,31);1H4/t19-;/m0./s1. The lowest BCUT2D eigenvalue weighted by Crippen LogP contribution is -2.19. The van der Waals surface area contributed by atoms with Gasteiger partial charge in [-0.05, 0) is 53.7 Å². The van der Waals surface area contributed by atoms with Crippen molar-refractivity contribution in [3.8, 4) is 11.1 Å². The lowest BCUT2D eigenvalue weighted by Gasteiger charge is -2.16. The molecule has 0 radical (unpaired) electrons. The third kappa shape index (κ3) is 7.30.